The summed E-state index contributed by atoms with van der Waals surface area (Å²) >= 11 is 0. The zero-order valence-electron chi connectivity index (χ0n) is 11.8. The Kier molecular flexibility index (Phi) is 4.92. The predicted octanol–water partition coefficient (Wildman–Crippen LogP) is 1.41. The molecule has 1 aliphatic heterocycles. The molecule has 0 radical (unpaired) electrons. The van der Waals surface area contributed by atoms with Crippen molar-refractivity contribution >= 4 is 11.4 Å². The average Bonchev–Trinajstić information content (AvgIpc) is 2.64. The molecule has 0 unspecified atom stereocenters. The zero-order valence-corrected chi connectivity index (χ0v) is 11.8. The lowest BCUT2D eigenvalue weighted by Crippen LogP contribution is -2.32. The molecule has 110 valence electrons. The zero-order chi connectivity index (χ0) is 14.5. The van der Waals surface area contributed by atoms with Gasteiger partial charge in [-0.05, 0) is 25.5 Å². The molecule has 2 rings (SSSR count). The lowest BCUT2D eigenvalue weighted by molar-refractivity contribution is -0.384. The van der Waals surface area contributed by atoms with Crippen LogP contribution in [0.5, 0.6) is 0 Å². The highest BCUT2D eigenvalue weighted by atomic mass is 16.6. The maximum atomic E-state index is 11.2. The fraction of sp³-hybridized carbons (Fsp3) is 0.571. The molecule has 1 aromatic rings. The fourth-order valence-electron chi connectivity index (χ4n) is 2.76. The first kappa shape index (κ1) is 14.7. The SMILES string of the molecule is Cc1cccc([N+](=O)[O-])c1N1CCCN(CCO)CC1. The third-order valence-electron chi connectivity index (χ3n) is 3.73. The monoisotopic (exact) mass is 279 g/mol. The maximum absolute atomic E-state index is 11.2. The van der Waals surface area contributed by atoms with Crippen molar-refractivity contribution in [1.29, 1.82) is 0 Å². The number of aliphatic hydroxyl groups is 1. The maximum Gasteiger partial charge on any atom is 0.292 e. The largest absolute Gasteiger partial charge is 0.395 e. The molecule has 0 aromatic heterocycles. The van der Waals surface area contributed by atoms with E-state index in [4.69, 9.17) is 5.11 Å². The van der Waals surface area contributed by atoms with Gasteiger partial charge in [-0.25, -0.2) is 0 Å². The second-order valence-electron chi connectivity index (χ2n) is 5.11. The first-order valence-corrected chi connectivity index (χ1v) is 6.95. The van der Waals surface area contributed by atoms with Gasteiger partial charge >= 0.3 is 0 Å². The Morgan fingerprint density at radius 1 is 1.30 bits per heavy atom. The summed E-state index contributed by atoms with van der Waals surface area (Å²) in [5.41, 5.74) is 1.86. The second-order valence-corrected chi connectivity index (χ2v) is 5.11. The topological polar surface area (TPSA) is 69.9 Å². The summed E-state index contributed by atoms with van der Waals surface area (Å²) in [7, 11) is 0. The van der Waals surface area contributed by atoms with Gasteiger partial charge in [0.1, 0.15) is 5.69 Å². The Morgan fingerprint density at radius 3 is 2.80 bits per heavy atom. The molecule has 0 bridgehead atoms. The van der Waals surface area contributed by atoms with Crippen molar-refractivity contribution in [2.75, 3.05) is 44.2 Å². The van der Waals surface area contributed by atoms with E-state index >= 15 is 0 Å². The summed E-state index contributed by atoms with van der Waals surface area (Å²) in [5.74, 6) is 0. The van der Waals surface area contributed by atoms with Crippen molar-refractivity contribution in [3.8, 4) is 0 Å². The van der Waals surface area contributed by atoms with Gasteiger partial charge in [-0.1, -0.05) is 12.1 Å². The van der Waals surface area contributed by atoms with Gasteiger partial charge in [-0.3, -0.25) is 15.0 Å². The van der Waals surface area contributed by atoms with Gasteiger partial charge in [0, 0.05) is 32.2 Å². The van der Waals surface area contributed by atoms with Crippen LogP contribution in [-0.4, -0.2) is 54.3 Å². The van der Waals surface area contributed by atoms with E-state index in [2.05, 4.69) is 9.80 Å². The van der Waals surface area contributed by atoms with Gasteiger partial charge < -0.3 is 10.0 Å². The standard InChI is InChI=1S/C14H21N3O3/c1-12-4-2-5-13(17(19)20)14(12)16-7-3-6-15(8-9-16)10-11-18/h2,4-5,18H,3,6-11H2,1H3. The summed E-state index contributed by atoms with van der Waals surface area (Å²) in [6, 6.07) is 5.21. The number of nitrogens with zero attached hydrogens (tertiary/aromatic N) is 3. The smallest absolute Gasteiger partial charge is 0.292 e. The van der Waals surface area contributed by atoms with Crippen molar-refractivity contribution in [1.82, 2.24) is 4.90 Å². The molecule has 1 aromatic carbocycles. The lowest BCUT2D eigenvalue weighted by Gasteiger charge is -2.24. The lowest BCUT2D eigenvalue weighted by atomic mass is 10.1. The third-order valence-corrected chi connectivity index (χ3v) is 3.73. The summed E-state index contributed by atoms with van der Waals surface area (Å²) in [4.78, 5) is 15.2. The summed E-state index contributed by atoms with van der Waals surface area (Å²) in [6.07, 6.45) is 0.950. The van der Waals surface area contributed by atoms with Crippen LogP contribution in [0.15, 0.2) is 18.2 Å². The molecular weight excluding hydrogens is 258 g/mol. The number of rotatable bonds is 4. The summed E-state index contributed by atoms with van der Waals surface area (Å²) in [6.45, 7) is 6.06. The van der Waals surface area contributed by atoms with Crippen LogP contribution in [0.4, 0.5) is 11.4 Å². The van der Waals surface area contributed by atoms with Crippen LogP contribution in [-0.2, 0) is 0 Å². The van der Waals surface area contributed by atoms with Gasteiger partial charge in [0.2, 0.25) is 0 Å². The highest BCUT2D eigenvalue weighted by Crippen LogP contribution is 2.32. The number of nitro groups is 1. The number of nitro benzene ring substituents is 1. The van der Waals surface area contributed by atoms with Crippen LogP contribution in [0.25, 0.3) is 0 Å². The minimum Gasteiger partial charge on any atom is -0.395 e. The average molecular weight is 279 g/mol. The molecule has 0 saturated carbocycles. The minimum absolute atomic E-state index is 0.157. The van der Waals surface area contributed by atoms with Crippen molar-refractivity contribution in [2.45, 2.75) is 13.3 Å². The van der Waals surface area contributed by atoms with Crippen molar-refractivity contribution < 1.29 is 10.0 Å². The van der Waals surface area contributed by atoms with E-state index in [-0.39, 0.29) is 17.2 Å². The molecule has 1 heterocycles. The molecule has 0 spiro atoms. The molecule has 0 atom stereocenters. The normalized spacial score (nSPS) is 17.0. The third kappa shape index (κ3) is 3.26. The number of β-amino-alcohol motifs (C(OH)–C–C–N with tert-alkyl or cyclic N) is 1. The van der Waals surface area contributed by atoms with E-state index in [0.717, 1.165) is 43.9 Å². The Hall–Kier alpha value is -1.66. The number of hydrogen-bond acceptors (Lipinski definition) is 5. The highest BCUT2D eigenvalue weighted by Gasteiger charge is 2.23. The van der Waals surface area contributed by atoms with Crippen molar-refractivity contribution in [2.24, 2.45) is 0 Å². The predicted molar refractivity (Wildman–Crippen MR) is 78.2 cm³/mol. The fourth-order valence-corrected chi connectivity index (χ4v) is 2.76. The van der Waals surface area contributed by atoms with Gasteiger partial charge in [0.05, 0.1) is 11.5 Å². The molecule has 0 aliphatic carbocycles. The van der Waals surface area contributed by atoms with Crippen LogP contribution in [0.2, 0.25) is 0 Å². The van der Waals surface area contributed by atoms with Gasteiger partial charge in [0.15, 0.2) is 0 Å². The van der Waals surface area contributed by atoms with E-state index in [1.165, 1.54) is 0 Å². The quantitative estimate of drug-likeness (QED) is 0.666. The van der Waals surface area contributed by atoms with Crippen LogP contribution < -0.4 is 4.90 Å². The molecule has 1 fully saturated rings. The van der Waals surface area contributed by atoms with Gasteiger partial charge in [0.25, 0.3) is 5.69 Å². The first-order valence-electron chi connectivity index (χ1n) is 6.95. The molecule has 0 amide bonds. The van der Waals surface area contributed by atoms with Crippen LogP contribution in [0, 0.1) is 17.0 Å². The number of aliphatic hydroxyl groups excluding tert-OH is 1. The Labute approximate surface area is 118 Å². The molecule has 20 heavy (non-hydrogen) atoms. The summed E-state index contributed by atoms with van der Waals surface area (Å²) < 4.78 is 0. The van der Waals surface area contributed by atoms with Gasteiger partial charge in [-0.2, -0.15) is 0 Å². The molecule has 6 nitrogen and oxygen atoms in total. The molecular formula is C14H21N3O3. The molecule has 1 saturated heterocycles. The van der Waals surface area contributed by atoms with E-state index in [9.17, 15) is 10.1 Å². The van der Waals surface area contributed by atoms with E-state index in [0.29, 0.717) is 6.54 Å². The summed E-state index contributed by atoms with van der Waals surface area (Å²) in [5, 5.41) is 20.2. The Morgan fingerprint density at radius 2 is 2.10 bits per heavy atom. The molecule has 6 heteroatoms. The number of para-hydroxylation sites is 1. The minimum atomic E-state index is -0.307. The Bertz CT molecular complexity index is 479. The van der Waals surface area contributed by atoms with Crippen LogP contribution in [0.3, 0.4) is 0 Å². The number of anilines is 1. The number of hydrogen-bond donors (Lipinski definition) is 1. The number of benzene rings is 1. The highest BCUT2D eigenvalue weighted by molar-refractivity contribution is 5.67. The van der Waals surface area contributed by atoms with E-state index in [1.54, 1.807) is 12.1 Å². The van der Waals surface area contributed by atoms with E-state index < -0.39 is 0 Å². The van der Waals surface area contributed by atoms with Crippen LogP contribution >= 0.6 is 0 Å². The van der Waals surface area contributed by atoms with E-state index in [1.807, 2.05) is 13.0 Å². The molecule has 1 aliphatic rings. The van der Waals surface area contributed by atoms with Crippen molar-refractivity contribution in [3.63, 3.8) is 0 Å². The second kappa shape index (κ2) is 6.67. The number of aryl methyl sites for hydroxylation is 1. The van der Waals surface area contributed by atoms with Crippen LogP contribution in [0.1, 0.15) is 12.0 Å². The molecule has 1 N–H and O–H groups in total. The first-order chi connectivity index (χ1) is 9.63. The van der Waals surface area contributed by atoms with Crippen molar-refractivity contribution in [3.05, 3.63) is 33.9 Å². The van der Waals surface area contributed by atoms with Gasteiger partial charge in [-0.15, -0.1) is 0 Å². The Balaban J connectivity index is 2.21.